The van der Waals surface area contributed by atoms with E-state index in [0.717, 1.165) is 36.1 Å². The second kappa shape index (κ2) is 8.60. The number of aromatic nitrogens is 1. The Labute approximate surface area is 213 Å². The van der Waals surface area contributed by atoms with Crippen LogP contribution in [0.1, 0.15) is 24.0 Å². The fourth-order valence-corrected chi connectivity index (χ4v) is 6.82. The van der Waals surface area contributed by atoms with Crippen LogP contribution in [0.3, 0.4) is 0 Å². The monoisotopic (exact) mass is 529 g/mol. The van der Waals surface area contributed by atoms with Gasteiger partial charge in [-0.2, -0.15) is 0 Å². The SMILES string of the molecule is COc1cc(S(C)=O)cc(OC)c1S(=O)Nc1noc2c1CC1(CC1)c1ccc(N3CC(O)C3)cc1-2. The van der Waals surface area contributed by atoms with Crippen LogP contribution in [0.2, 0.25) is 0 Å². The first-order valence-electron chi connectivity index (χ1n) is 11.7. The number of rotatable bonds is 7. The van der Waals surface area contributed by atoms with Gasteiger partial charge in [0.2, 0.25) is 0 Å². The molecule has 1 spiro atoms. The number of fused-ring (bicyclic) bond motifs is 4. The molecule has 1 aromatic heterocycles. The highest BCUT2D eigenvalue weighted by molar-refractivity contribution is 7.86. The lowest BCUT2D eigenvalue weighted by Crippen LogP contribution is -2.50. The molecule has 2 aromatic carbocycles. The number of nitrogens with one attached hydrogen (secondary N) is 1. The zero-order valence-corrected chi connectivity index (χ0v) is 21.8. The van der Waals surface area contributed by atoms with Gasteiger partial charge in [0.25, 0.3) is 0 Å². The molecular weight excluding hydrogens is 502 g/mol. The van der Waals surface area contributed by atoms with Crippen LogP contribution in [0.5, 0.6) is 11.5 Å². The van der Waals surface area contributed by atoms with Crippen molar-refractivity contribution in [2.24, 2.45) is 0 Å². The second-order valence-corrected chi connectivity index (χ2v) is 12.1. The summed E-state index contributed by atoms with van der Waals surface area (Å²) in [6, 6.07) is 9.62. The molecule has 2 heterocycles. The lowest BCUT2D eigenvalue weighted by Gasteiger charge is -2.38. The van der Waals surface area contributed by atoms with Crippen molar-refractivity contribution >= 4 is 33.3 Å². The number of benzene rings is 2. The predicted molar refractivity (Wildman–Crippen MR) is 137 cm³/mol. The molecule has 1 saturated carbocycles. The van der Waals surface area contributed by atoms with Crippen LogP contribution in [-0.2, 0) is 33.6 Å². The van der Waals surface area contributed by atoms with Crippen molar-refractivity contribution in [1.82, 2.24) is 5.16 Å². The van der Waals surface area contributed by atoms with Gasteiger partial charge >= 0.3 is 0 Å². The van der Waals surface area contributed by atoms with E-state index in [-0.39, 0.29) is 11.5 Å². The largest absolute Gasteiger partial charge is 0.495 e. The van der Waals surface area contributed by atoms with E-state index < -0.39 is 21.8 Å². The van der Waals surface area contributed by atoms with Gasteiger partial charge in [-0.25, -0.2) is 4.21 Å². The quantitative estimate of drug-likeness (QED) is 0.480. The summed E-state index contributed by atoms with van der Waals surface area (Å²) in [5, 5.41) is 14.0. The molecule has 2 unspecified atom stereocenters. The summed E-state index contributed by atoms with van der Waals surface area (Å²) in [5.41, 5.74) is 4.25. The van der Waals surface area contributed by atoms with Crippen LogP contribution < -0.4 is 19.1 Å². The average molecular weight is 530 g/mol. The van der Waals surface area contributed by atoms with E-state index >= 15 is 0 Å². The Hall–Kier alpha value is -2.89. The molecule has 190 valence electrons. The van der Waals surface area contributed by atoms with Crippen molar-refractivity contribution in [3.05, 3.63) is 41.5 Å². The van der Waals surface area contributed by atoms with Gasteiger partial charge in [0.15, 0.2) is 22.6 Å². The third-order valence-corrected chi connectivity index (χ3v) is 9.40. The molecule has 2 N–H and O–H groups in total. The summed E-state index contributed by atoms with van der Waals surface area (Å²) < 4.78 is 45.3. The van der Waals surface area contributed by atoms with E-state index in [2.05, 4.69) is 33.0 Å². The molecule has 3 aliphatic rings. The van der Waals surface area contributed by atoms with E-state index in [9.17, 15) is 13.5 Å². The smallest absolute Gasteiger partial charge is 0.185 e. The van der Waals surface area contributed by atoms with Gasteiger partial charge in [0.1, 0.15) is 16.4 Å². The first-order chi connectivity index (χ1) is 17.3. The summed E-state index contributed by atoms with van der Waals surface area (Å²) in [6.07, 6.45) is 4.18. The third kappa shape index (κ3) is 3.72. The Morgan fingerprint density at radius 1 is 1.14 bits per heavy atom. The van der Waals surface area contributed by atoms with Crippen molar-refractivity contribution in [2.75, 3.05) is 43.2 Å². The molecule has 9 nitrogen and oxygen atoms in total. The third-order valence-electron chi connectivity index (χ3n) is 7.34. The highest BCUT2D eigenvalue weighted by atomic mass is 32.2. The van der Waals surface area contributed by atoms with Crippen molar-refractivity contribution in [2.45, 2.75) is 40.6 Å². The molecule has 3 aromatic rings. The topological polar surface area (TPSA) is 114 Å². The number of aliphatic hydroxyl groups excluding tert-OH is 1. The zero-order chi connectivity index (χ0) is 25.2. The van der Waals surface area contributed by atoms with Crippen molar-refractivity contribution in [3.8, 4) is 22.8 Å². The minimum absolute atomic E-state index is 0.0427. The van der Waals surface area contributed by atoms with Crippen LogP contribution in [0.15, 0.2) is 44.6 Å². The summed E-state index contributed by atoms with van der Waals surface area (Å²) in [4.78, 5) is 2.96. The lowest BCUT2D eigenvalue weighted by atomic mass is 9.79. The molecule has 6 rings (SSSR count). The minimum atomic E-state index is -1.78. The van der Waals surface area contributed by atoms with Crippen LogP contribution >= 0.6 is 0 Å². The van der Waals surface area contributed by atoms with E-state index in [1.54, 1.807) is 18.4 Å². The molecule has 36 heavy (non-hydrogen) atoms. The van der Waals surface area contributed by atoms with Crippen LogP contribution in [0, 0.1) is 0 Å². The first-order valence-corrected chi connectivity index (χ1v) is 14.4. The van der Waals surface area contributed by atoms with Gasteiger partial charge < -0.3 is 24.0 Å². The Morgan fingerprint density at radius 3 is 2.42 bits per heavy atom. The number of methoxy groups -OCH3 is 2. The van der Waals surface area contributed by atoms with E-state index in [1.165, 1.54) is 19.8 Å². The fraction of sp³-hybridized carbons (Fsp3) is 0.400. The maximum Gasteiger partial charge on any atom is 0.185 e. The number of nitrogens with zero attached hydrogens (tertiary/aromatic N) is 2. The van der Waals surface area contributed by atoms with Gasteiger partial charge in [-0.05, 0) is 49.1 Å². The second-order valence-electron chi connectivity index (χ2n) is 9.57. The maximum atomic E-state index is 13.5. The number of β-amino-alcohol motifs (C(OH)–C–C–N with tert-alkyl or cyclic N) is 1. The molecule has 0 radical (unpaired) electrons. The summed E-state index contributed by atoms with van der Waals surface area (Å²) in [6.45, 7) is 1.24. The molecule has 1 aliphatic heterocycles. The van der Waals surface area contributed by atoms with Crippen molar-refractivity contribution < 1.29 is 27.5 Å². The molecular formula is C25H27N3O6S2. The summed E-state index contributed by atoms with van der Waals surface area (Å²) in [5.74, 6) is 1.74. The van der Waals surface area contributed by atoms with Crippen LogP contribution in [0.25, 0.3) is 11.3 Å². The molecule has 1 saturated heterocycles. The Kier molecular flexibility index (Phi) is 5.62. The molecule has 0 bridgehead atoms. The molecule has 2 aliphatic carbocycles. The van der Waals surface area contributed by atoms with Gasteiger partial charge in [-0.1, -0.05) is 11.2 Å². The first kappa shape index (κ1) is 23.5. The molecule has 0 amide bonds. The molecule has 2 atom stereocenters. The predicted octanol–water partition coefficient (Wildman–Crippen LogP) is 3.00. The molecule has 2 fully saturated rings. The highest BCUT2D eigenvalue weighted by Gasteiger charge is 2.50. The maximum absolute atomic E-state index is 13.5. The number of aliphatic hydroxyl groups is 1. The van der Waals surface area contributed by atoms with Gasteiger partial charge in [0.05, 0.1) is 31.1 Å². The van der Waals surface area contributed by atoms with E-state index in [0.29, 0.717) is 46.0 Å². The van der Waals surface area contributed by atoms with Gasteiger partial charge in [-0.3, -0.25) is 8.93 Å². The summed E-state index contributed by atoms with van der Waals surface area (Å²) in [7, 11) is -0.100. The Bertz CT molecular complexity index is 1390. The van der Waals surface area contributed by atoms with Crippen LogP contribution in [0.4, 0.5) is 11.5 Å². The number of anilines is 2. The van der Waals surface area contributed by atoms with E-state index in [1.807, 2.05) is 0 Å². The van der Waals surface area contributed by atoms with Crippen molar-refractivity contribution in [1.29, 1.82) is 0 Å². The Balaban J connectivity index is 1.36. The zero-order valence-electron chi connectivity index (χ0n) is 20.2. The molecule has 11 heteroatoms. The van der Waals surface area contributed by atoms with Gasteiger partial charge in [-0.15, -0.1) is 0 Å². The highest BCUT2D eigenvalue weighted by Crippen LogP contribution is 2.58. The van der Waals surface area contributed by atoms with Crippen molar-refractivity contribution in [3.63, 3.8) is 0 Å². The standard InChI is InChI=1S/C25H27N3O6S2/c1-32-20-9-16(35(3)30)10-21(33-2)23(20)36(31)27-24-18-11-25(6-7-25)19-5-4-14(28-12-15(29)13-28)8-17(19)22(18)34-26-24/h4-5,8-10,15,29H,6-7,11-13H2,1-3H3,(H,26,27). The number of ether oxygens (including phenoxy) is 2. The fourth-order valence-electron chi connectivity index (χ4n) is 5.18. The normalized spacial score (nSPS) is 19.2. The van der Waals surface area contributed by atoms with Crippen LogP contribution in [-0.4, -0.2) is 58.3 Å². The van der Waals surface area contributed by atoms with Gasteiger partial charge in [0, 0.05) is 46.5 Å². The minimum Gasteiger partial charge on any atom is -0.495 e. The number of hydrogen-bond donors (Lipinski definition) is 2. The summed E-state index contributed by atoms with van der Waals surface area (Å²) >= 11 is 0. The average Bonchev–Trinajstić information content (AvgIpc) is 3.52. The lowest BCUT2D eigenvalue weighted by molar-refractivity contribution is 0.142. The van der Waals surface area contributed by atoms with E-state index in [4.69, 9.17) is 14.0 Å². The number of hydrogen-bond acceptors (Lipinski definition) is 8. The Morgan fingerprint density at radius 2 is 1.83 bits per heavy atom.